The van der Waals surface area contributed by atoms with E-state index in [0.717, 1.165) is 61.3 Å². The van der Waals surface area contributed by atoms with Crippen molar-refractivity contribution < 1.29 is 5.84 Å². The third-order valence-corrected chi connectivity index (χ3v) is 14.2. The number of hydrogen-bond acceptors (Lipinski definition) is 2. The second-order valence-electron chi connectivity index (χ2n) is 18.0. The molecule has 0 saturated carbocycles. The largest absolute Gasteiger partial charge is 0.455 e. The molecule has 70 heavy (non-hydrogen) atoms. The van der Waals surface area contributed by atoms with E-state index in [2.05, 4.69) is 278 Å². The van der Waals surface area contributed by atoms with Crippen molar-refractivity contribution in [1.29, 1.82) is 0 Å². The van der Waals surface area contributed by atoms with Crippen LogP contribution >= 0.6 is 0 Å². The topological polar surface area (TPSA) is 16.4 Å². The molecule has 1 aliphatic rings. The number of hydrogen-bond donors (Lipinski definition) is 0. The number of rotatable bonds is 9. The smallest absolute Gasteiger partial charge is 0.143 e. The van der Waals surface area contributed by atoms with E-state index in [1.54, 1.807) is 0 Å². The Bertz CT molecular complexity index is 3660. The summed E-state index contributed by atoms with van der Waals surface area (Å²) in [6, 6.07) is 98.8. The molecule has 0 fully saturated rings. The lowest BCUT2D eigenvalue weighted by Gasteiger charge is -2.34. The maximum Gasteiger partial charge on any atom is 0.143 e. The van der Waals surface area contributed by atoms with Gasteiger partial charge in [0.2, 0.25) is 0 Å². The summed E-state index contributed by atoms with van der Waals surface area (Å²) in [6.07, 6.45) is 0. The van der Waals surface area contributed by atoms with Crippen LogP contribution in [0.15, 0.2) is 277 Å². The van der Waals surface area contributed by atoms with Gasteiger partial charge in [-0.1, -0.05) is 244 Å². The lowest BCUT2D eigenvalue weighted by molar-refractivity contribution is 0.671. The van der Waals surface area contributed by atoms with Gasteiger partial charge in [0.05, 0.1) is 5.41 Å². The minimum Gasteiger partial charge on any atom is -0.455 e. The lowest BCUT2D eigenvalue weighted by atomic mass is 9.67. The van der Waals surface area contributed by atoms with Gasteiger partial charge >= 0.3 is 0 Å². The Kier molecular flexibility index (Phi) is 10.6. The van der Waals surface area contributed by atoms with Gasteiger partial charge in [-0.3, -0.25) is 0 Å². The number of para-hydroxylation sites is 2. The van der Waals surface area contributed by atoms with Gasteiger partial charge in [-0.05, 0) is 103 Å². The summed E-state index contributed by atoms with van der Waals surface area (Å²) in [5.41, 5.74) is 21.4. The van der Waals surface area contributed by atoms with Crippen LogP contribution in [-0.4, -0.2) is 0 Å². The molecule has 0 N–H and O–H groups in total. The first kappa shape index (κ1) is 42.4. The Hall–Kier alpha value is -8.98. The highest BCUT2D eigenvalue weighted by atomic mass is 16.3. The van der Waals surface area contributed by atoms with Crippen molar-refractivity contribution in [2.75, 3.05) is 4.90 Å². The summed E-state index contributed by atoms with van der Waals surface area (Å²) in [5.74, 6) is 0. The molecule has 2 nitrogen and oxygen atoms in total. The molecular formula is C68H51NO. The average molecular weight is 898 g/mol. The first-order chi connectivity index (χ1) is 34.2. The molecule has 0 amide bonds. The zero-order valence-electron chi connectivity index (χ0n) is 37.8. The first-order valence-corrected chi connectivity index (χ1v) is 23.7. The Morgan fingerprint density at radius 1 is 0.271 bits per heavy atom. The van der Waals surface area contributed by atoms with Gasteiger partial charge in [-0.2, -0.15) is 0 Å². The molecule has 1 aromatic heterocycles. The van der Waals surface area contributed by atoms with Crippen LogP contribution in [0.2, 0.25) is 0 Å². The standard InChI is InChI=1S/C67H45NO.CH4.H2/c1-4-16-46(17-5-1)48-32-40-54(41-33-48)68(55-42-34-49(35-43-55)47-18-6-2-7-19-47)56-44-36-51(37-45-56)58-25-15-27-62-61-26-14-24-57(65(61)69-66(58)62)50-30-38-53(39-31-50)67(52-20-8-3-9-21-52)63-28-12-10-22-59(63)60-23-11-13-29-64(60)67;;/h1-45H;1H4;1H. The molecule has 11 aromatic carbocycles. The van der Waals surface area contributed by atoms with Crippen molar-refractivity contribution in [3.63, 3.8) is 0 Å². The number of nitrogens with zero attached hydrogens (tertiary/aromatic N) is 1. The van der Waals surface area contributed by atoms with Gasteiger partial charge in [-0.25, -0.2) is 0 Å². The van der Waals surface area contributed by atoms with Crippen LogP contribution in [0.4, 0.5) is 17.1 Å². The molecule has 1 heterocycles. The van der Waals surface area contributed by atoms with Gasteiger partial charge in [0.1, 0.15) is 11.2 Å². The highest BCUT2D eigenvalue weighted by molar-refractivity contribution is 6.13. The average Bonchev–Trinajstić information content (AvgIpc) is 3.97. The van der Waals surface area contributed by atoms with E-state index in [1.807, 2.05) is 0 Å². The third kappa shape index (κ3) is 6.95. The highest BCUT2D eigenvalue weighted by Gasteiger charge is 2.45. The molecule has 2 heteroatoms. The number of furan rings is 1. The predicted octanol–water partition coefficient (Wildman–Crippen LogP) is 19.0. The van der Waals surface area contributed by atoms with E-state index in [-0.39, 0.29) is 8.85 Å². The Morgan fingerprint density at radius 3 is 1.04 bits per heavy atom. The summed E-state index contributed by atoms with van der Waals surface area (Å²) in [5, 5.41) is 2.21. The molecule has 12 aromatic rings. The lowest BCUT2D eigenvalue weighted by Crippen LogP contribution is -2.28. The van der Waals surface area contributed by atoms with Gasteiger partial charge in [0.15, 0.2) is 0 Å². The van der Waals surface area contributed by atoms with Crippen LogP contribution in [0.1, 0.15) is 31.1 Å². The zero-order valence-corrected chi connectivity index (χ0v) is 37.8. The fourth-order valence-corrected chi connectivity index (χ4v) is 11.0. The Labute approximate surface area is 411 Å². The van der Waals surface area contributed by atoms with E-state index in [0.29, 0.717) is 0 Å². The molecule has 0 unspecified atom stereocenters. The van der Waals surface area contributed by atoms with E-state index in [4.69, 9.17) is 4.42 Å². The van der Waals surface area contributed by atoms with Crippen LogP contribution in [0.25, 0.3) is 77.6 Å². The van der Waals surface area contributed by atoms with Crippen molar-refractivity contribution in [2.24, 2.45) is 0 Å². The van der Waals surface area contributed by atoms with Crippen LogP contribution in [0.5, 0.6) is 0 Å². The Balaban J connectivity index is 0.00000273. The molecule has 13 rings (SSSR count). The molecule has 0 saturated heterocycles. The Morgan fingerprint density at radius 2 is 0.600 bits per heavy atom. The summed E-state index contributed by atoms with van der Waals surface area (Å²) >= 11 is 0. The van der Waals surface area contributed by atoms with Gasteiger partial charge in [0.25, 0.3) is 0 Å². The molecule has 1 aliphatic carbocycles. The van der Waals surface area contributed by atoms with Crippen molar-refractivity contribution in [3.05, 3.63) is 295 Å². The monoisotopic (exact) mass is 897 g/mol. The van der Waals surface area contributed by atoms with Crippen molar-refractivity contribution in [1.82, 2.24) is 0 Å². The van der Waals surface area contributed by atoms with E-state index < -0.39 is 5.41 Å². The molecular weight excluding hydrogens is 847 g/mol. The number of fused-ring (bicyclic) bond motifs is 6. The SMILES string of the molecule is C.[HH].c1ccc(-c2ccc(N(c3ccc(-c4ccccc4)cc3)c3ccc(-c4cccc5c4oc4c(-c6ccc(C7(c8ccccc8)c8ccccc8-c8ccccc87)cc6)cccc45)cc3)cc2)cc1. The van der Waals surface area contributed by atoms with E-state index in [1.165, 1.54) is 55.6 Å². The molecule has 0 aliphatic heterocycles. The molecule has 0 bridgehead atoms. The molecule has 0 atom stereocenters. The van der Waals surface area contributed by atoms with Crippen LogP contribution in [-0.2, 0) is 5.41 Å². The molecule has 0 radical (unpaired) electrons. The number of benzene rings is 11. The van der Waals surface area contributed by atoms with E-state index >= 15 is 0 Å². The fraction of sp³-hybridized carbons (Fsp3) is 0.0294. The summed E-state index contributed by atoms with van der Waals surface area (Å²) in [4.78, 5) is 2.33. The number of anilines is 3. The van der Waals surface area contributed by atoms with Crippen LogP contribution in [0.3, 0.4) is 0 Å². The fourth-order valence-electron chi connectivity index (χ4n) is 11.0. The van der Waals surface area contributed by atoms with Crippen molar-refractivity contribution in [3.8, 4) is 55.6 Å². The summed E-state index contributed by atoms with van der Waals surface area (Å²) < 4.78 is 7.04. The molecule has 334 valence electrons. The summed E-state index contributed by atoms with van der Waals surface area (Å²) in [6.45, 7) is 0. The summed E-state index contributed by atoms with van der Waals surface area (Å²) in [7, 11) is 0. The molecule has 0 spiro atoms. The van der Waals surface area contributed by atoms with E-state index in [9.17, 15) is 0 Å². The third-order valence-electron chi connectivity index (χ3n) is 14.2. The maximum atomic E-state index is 7.04. The highest BCUT2D eigenvalue weighted by Crippen LogP contribution is 2.56. The second kappa shape index (κ2) is 17.6. The zero-order chi connectivity index (χ0) is 45.7. The van der Waals surface area contributed by atoms with Crippen molar-refractivity contribution in [2.45, 2.75) is 12.8 Å². The van der Waals surface area contributed by atoms with Gasteiger partial charge in [-0.15, -0.1) is 0 Å². The van der Waals surface area contributed by atoms with Crippen LogP contribution in [0, 0.1) is 0 Å². The maximum absolute atomic E-state index is 7.04. The van der Waals surface area contributed by atoms with Gasteiger partial charge in [0, 0.05) is 40.4 Å². The first-order valence-electron chi connectivity index (χ1n) is 23.7. The van der Waals surface area contributed by atoms with Crippen molar-refractivity contribution >= 4 is 39.0 Å². The van der Waals surface area contributed by atoms with Crippen LogP contribution < -0.4 is 4.90 Å². The quantitative estimate of drug-likeness (QED) is 0.144. The van der Waals surface area contributed by atoms with Gasteiger partial charge < -0.3 is 9.32 Å². The predicted molar refractivity (Wildman–Crippen MR) is 296 cm³/mol. The second-order valence-corrected chi connectivity index (χ2v) is 18.0. The minimum atomic E-state index is -0.445. The normalized spacial score (nSPS) is 12.3. The minimum absolute atomic E-state index is 0.